The lowest BCUT2D eigenvalue weighted by Crippen LogP contribution is -2.35. The van der Waals surface area contributed by atoms with Crippen LogP contribution in [0.25, 0.3) is 0 Å². The lowest BCUT2D eigenvalue weighted by atomic mass is 10.2. The molecule has 0 aliphatic carbocycles. The largest absolute Gasteiger partial charge is 0.496 e. The van der Waals surface area contributed by atoms with Crippen molar-refractivity contribution in [2.24, 2.45) is 0 Å². The van der Waals surface area contributed by atoms with Gasteiger partial charge in [0, 0.05) is 24.5 Å². The quantitative estimate of drug-likeness (QED) is 0.764. The lowest BCUT2D eigenvalue weighted by molar-refractivity contribution is 0.0951. The third-order valence-corrected chi connectivity index (χ3v) is 7.44. The number of carbonyl (C=O) groups excluding carboxylic acids is 1. The third kappa shape index (κ3) is 4.69. The van der Waals surface area contributed by atoms with Crippen LogP contribution in [-0.4, -0.2) is 45.4 Å². The molecule has 0 saturated carbocycles. The van der Waals surface area contributed by atoms with Crippen LogP contribution in [0.2, 0.25) is 0 Å². The van der Waals surface area contributed by atoms with Gasteiger partial charge in [0.2, 0.25) is 10.0 Å². The molecule has 1 aromatic carbocycles. The number of piperidine rings is 1. The smallest absolute Gasteiger partial charge is 0.255 e. The Balaban J connectivity index is 1.77. The summed E-state index contributed by atoms with van der Waals surface area (Å²) in [7, 11) is -2.13. The normalized spacial score (nSPS) is 15.4. The van der Waals surface area contributed by atoms with E-state index in [1.165, 1.54) is 28.4 Å². The zero-order valence-corrected chi connectivity index (χ0v) is 16.9. The summed E-state index contributed by atoms with van der Waals surface area (Å²) in [5.41, 5.74) is 0.238. The Morgan fingerprint density at radius 1 is 1.22 bits per heavy atom. The lowest BCUT2D eigenvalue weighted by Gasteiger charge is -2.26. The molecule has 3 rings (SSSR count). The van der Waals surface area contributed by atoms with Crippen LogP contribution < -0.4 is 10.1 Å². The highest BCUT2D eigenvalue weighted by atomic mass is 32.2. The van der Waals surface area contributed by atoms with Gasteiger partial charge in [0.05, 0.1) is 17.6 Å². The molecule has 1 saturated heterocycles. The molecule has 1 N–H and O–H groups in total. The first-order valence-corrected chi connectivity index (χ1v) is 11.3. The molecule has 1 aromatic heterocycles. The van der Waals surface area contributed by atoms with E-state index in [2.05, 4.69) is 5.32 Å². The van der Waals surface area contributed by atoms with E-state index in [4.69, 9.17) is 4.74 Å². The van der Waals surface area contributed by atoms with Gasteiger partial charge >= 0.3 is 0 Å². The predicted octanol–water partition coefficient (Wildman–Crippen LogP) is 2.90. The van der Waals surface area contributed by atoms with Gasteiger partial charge in [0.15, 0.2) is 0 Å². The molecule has 0 radical (unpaired) electrons. The molecule has 1 aliphatic rings. The van der Waals surface area contributed by atoms with Crippen molar-refractivity contribution in [1.29, 1.82) is 0 Å². The van der Waals surface area contributed by atoms with Gasteiger partial charge in [-0.05, 0) is 48.9 Å². The van der Waals surface area contributed by atoms with E-state index in [-0.39, 0.29) is 16.4 Å². The minimum Gasteiger partial charge on any atom is -0.496 e. The first kappa shape index (κ1) is 19.9. The maximum Gasteiger partial charge on any atom is 0.255 e. The van der Waals surface area contributed by atoms with E-state index >= 15 is 0 Å². The second-order valence-electron chi connectivity index (χ2n) is 6.41. The number of hydrogen-bond donors (Lipinski definition) is 1. The van der Waals surface area contributed by atoms with E-state index in [1.54, 1.807) is 17.4 Å². The van der Waals surface area contributed by atoms with Crippen LogP contribution in [0.3, 0.4) is 0 Å². The third-order valence-electron chi connectivity index (χ3n) is 4.61. The minimum atomic E-state index is -3.60. The van der Waals surface area contributed by atoms with Crippen molar-refractivity contribution in [1.82, 2.24) is 9.62 Å². The molecule has 8 heteroatoms. The predicted molar refractivity (Wildman–Crippen MR) is 106 cm³/mol. The van der Waals surface area contributed by atoms with Crippen LogP contribution in [0.15, 0.2) is 40.6 Å². The number of sulfonamides is 1. The van der Waals surface area contributed by atoms with Crippen molar-refractivity contribution in [2.75, 3.05) is 26.7 Å². The molecule has 0 bridgehead atoms. The van der Waals surface area contributed by atoms with Gasteiger partial charge in [-0.1, -0.05) is 12.5 Å². The summed E-state index contributed by atoms with van der Waals surface area (Å²) in [5, 5.41) is 4.84. The van der Waals surface area contributed by atoms with Gasteiger partial charge < -0.3 is 10.1 Å². The molecule has 27 heavy (non-hydrogen) atoms. The van der Waals surface area contributed by atoms with Gasteiger partial charge in [-0.15, -0.1) is 11.3 Å². The molecule has 1 fully saturated rings. The Bertz CT molecular complexity index is 873. The number of nitrogens with zero attached hydrogens (tertiary/aromatic N) is 1. The standard InChI is InChI=1S/C19H24N2O4S2/c1-25-18-8-7-16(27(23,24)21-11-3-2-4-12-21)14-17(18)19(22)20-10-9-15-6-5-13-26-15/h5-8,13-14H,2-4,9-12H2,1H3,(H,20,22). The Hall–Kier alpha value is -1.90. The molecule has 2 aromatic rings. The highest BCUT2D eigenvalue weighted by Gasteiger charge is 2.27. The second-order valence-corrected chi connectivity index (χ2v) is 9.38. The van der Waals surface area contributed by atoms with E-state index in [0.29, 0.717) is 25.4 Å². The summed E-state index contributed by atoms with van der Waals surface area (Å²) < 4.78 is 32.5. The van der Waals surface area contributed by atoms with Gasteiger partial charge in [-0.3, -0.25) is 4.79 Å². The summed E-state index contributed by atoms with van der Waals surface area (Å²) in [5.74, 6) is 0.0281. The van der Waals surface area contributed by atoms with Crippen molar-refractivity contribution in [3.8, 4) is 5.75 Å². The average molecular weight is 409 g/mol. The Morgan fingerprint density at radius 3 is 2.67 bits per heavy atom. The van der Waals surface area contributed by atoms with Crippen LogP contribution in [0, 0.1) is 0 Å². The van der Waals surface area contributed by atoms with E-state index in [1.807, 2.05) is 17.5 Å². The van der Waals surface area contributed by atoms with Crippen LogP contribution >= 0.6 is 11.3 Å². The van der Waals surface area contributed by atoms with Crippen LogP contribution in [-0.2, 0) is 16.4 Å². The molecular weight excluding hydrogens is 384 g/mol. The number of nitrogens with one attached hydrogen (secondary N) is 1. The van der Waals surface area contributed by atoms with Gasteiger partial charge in [-0.25, -0.2) is 8.42 Å². The molecule has 2 heterocycles. The maximum absolute atomic E-state index is 12.9. The van der Waals surface area contributed by atoms with E-state index in [9.17, 15) is 13.2 Å². The monoisotopic (exact) mass is 408 g/mol. The van der Waals surface area contributed by atoms with Crippen LogP contribution in [0.5, 0.6) is 5.75 Å². The number of thiophene rings is 1. The fourth-order valence-corrected chi connectivity index (χ4v) is 5.38. The minimum absolute atomic E-state index is 0.133. The fourth-order valence-electron chi connectivity index (χ4n) is 3.13. The highest BCUT2D eigenvalue weighted by molar-refractivity contribution is 7.89. The summed E-state index contributed by atoms with van der Waals surface area (Å²) in [6, 6.07) is 8.46. The van der Waals surface area contributed by atoms with Crippen molar-refractivity contribution in [3.05, 3.63) is 46.2 Å². The SMILES string of the molecule is COc1ccc(S(=O)(=O)N2CCCCC2)cc1C(=O)NCCc1cccs1. The zero-order valence-electron chi connectivity index (χ0n) is 15.3. The topological polar surface area (TPSA) is 75.7 Å². The van der Waals surface area contributed by atoms with Crippen LogP contribution in [0.1, 0.15) is 34.5 Å². The number of rotatable bonds is 7. The second kappa shape index (κ2) is 8.86. The first-order chi connectivity index (χ1) is 13.0. The molecule has 0 atom stereocenters. The van der Waals surface area contributed by atoms with Gasteiger partial charge in [0.1, 0.15) is 5.75 Å². The van der Waals surface area contributed by atoms with Crippen molar-refractivity contribution in [2.45, 2.75) is 30.6 Å². The highest BCUT2D eigenvalue weighted by Crippen LogP contribution is 2.26. The molecule has 0 unspecified atom stereocenters. The first-order valence-electron chi connectivity index (χ1n) is 9.01. The number of amides is 1. The maximum atomic E-state index is 12.9. The molecule has 1 amide bonds. The number of carbonyl (C=O) groups is 1. The molecular formula is C19H24N2O4S2. The summed E-state index contributed by atoms with van der Waals surface area (Å²) >= 11 is 1.64. The molecule has 6 nitrogen and oxygen atoms in total. The number of hydrogen-bond acceptors (Lipinski definition) is 5. The summed E-state index contributed by atoms with van der Waals surface area (Å²) in [4.78, 5) is 13.9. The Labute approximate surface area is 164 Å². The van der Waals surface area contributed by atoms with E-state index < -0.39 is 10.0 Å². The number of ether oxygens (including phenoxy) is 1. The molecule has 1 aliphatic heterocycles. The summed E-state index contributed by atoms with van der Waals surface area (Å²) in [6.45, 7) is 1.53. The van der Waals surface area contributed by atoms with Crippen LogP contribution in [0.4, 0.5) is 0 Å². The zero-order chi connectivity index (χ0) is 19.3. The average Bonchev–Trinajstić information content (AvgIpc) is 3.21. The summed E-state index contributed by atoms with van der Waals surface area (Å²) in [6.07, 6.45) is 3.51. The molecule has 146 valence electrons. The fraction of sp³-hybridized carbons (Fsp3) is 0.421. The van der Waals surface area contributed by atoms with Crippen molar-refractivity contribution >= 4 is 27.3 Å². The van der Waals surface area contributed by atoms with Crippen molar-refractivity contribution in [3.63, 3.8) is 0 Å². The van der Waals surface area contributed by atoms with Gasteiger partial charge in [-0.2, -0.15) is 4.31 Å². The Kier molecular flexibility index (Phi) is 6.51. The number of benzene rings is 1. The Morgan fingerprint density at radius 2 is 2.00 bits per heavy atom. The molecule has 0 spiro atoms. The van der Waals surface area contributed by atoms with Gasteiger partial charge in [0.25, 0.3) is 5.91 Å². The van der Waals surface area contributed by atoms with Crippen molar-refractivity contribution < 1.29 is 17.9 Å². The number of methoxy groups -OCH3 is 1. The van der Waals surface area contributed by atoms with E-state index in [0.717, 1.165) is 25.7 Å².